The maximum absolute atomic E-state index is 12.4. The number of nitrogens with one attached hydrogen (secondary N) is 1. The number of ether oxygens (including phenoxy) is 1. The zero-order valence-corrected chi connectivity index (χ0v) is 14.7. The third-order valence-electron chi connectivity index (χ3n) is 4.96. The predicted octanol–water partition coefficient (Wildman–Crippen LogP) is 3.29. The Morgan fingerprint density at radius 3 is 2.92 bits per heavy atom. The average molecular weight is 357 g/mol. The van der Waals surface area contributed by atoms with Gasteiger partial charge in [0.1, 0.15) is 5.75 Å². The van der Waals surface area contributed by atoms with Gasteiger partial charge in [0.25, 0.3) is 5.91 Å². The molecule has 4 nitrogen and oxygen atoms in total. The second-order valence-electron chi connectivity index (χ2n) is 6.74. The van der Waals surface area contributed by atoms with E-state index in [-0.39, 0.29) is 5.91 Å². The molecule has 4 rings (SSSR count). The van der Waals surface area contributed by atoms with Gasteiger partial charge in [-0.05, 0) is 48.2 Å². The van der Waals surface area contributed by atoms with E-state index in [0.717, 1.165) is 30.8 Å². The third kappa shape index (κ3) is 3.59. The Bertz CT molecular complexity index is 766. The molecule has 2 unspecified atom stereocenters. The summed E-state index contributed by atoms with van der Waals surface area (Å²) in [4.78, 5) is 14.8. The summed E-state index contributed by atoms with van der Waals surface area (Å²) in [6.45, 7) is 2.71. The first-order chi connectivity index (χ1) is 12.2. The fourth-order valence-electron chi connectivity index (χ4n) is 3.59. The lowest BCUT2D eigenvalue weighted by molar-refractivity contribution is -0.127. The van der Waals surface area contributed by atoms with Gasteiger partial charge in [-0.3, -0.25) is 4.79 Å². The summed E-state index contributed by atoms with van der Waals surface area (Å²) < 4.78 is 5.75. The van der Waals surface area contributed by atoms with Gasteiger partial charge in [0.15, 0.2) is 6.10 Å². The van der Waals surface area contributed by atoms with Crippen LogP contribution in [0.3, 0.4) is 0 Å². The number of hydrogen-bond donors (Lipinski definition) is 1. The molecule has 0 radical (unpaired) electrons. The number of hydrogen-bond acceptors (Lipinski definition) is 3. The number of carbonyl (C=O) groups is 1. The maximum atomic E-state index is 12.4. The number of nitrogens with zero attached hydrogens (tertiary/aromatic N) is 1. The second kappa shape index (κ2) is 6.96. The summed E-state index contributed by atoms with van der Waals surface area (Å²) in [6.07, 6.45) is 1.24. The van der Waals surface area contributed by atoms with Crippen molar-refractivity contribution in [3.63, 3.8) is 0 Å². The van der Waals surface area contributed by atoms with E-state index in [1.54, 1.807) is 6.07 Å². The minimum Gasteiger partial charge on any atom is -0.480 e. The molecule has 0 saturated carbocycles. The van der Waals surface area contributed by atoms with Crippen molar-refractivity contribution in [2.75, 3.05) is 24.5 Å². The van der Waals surface area contributed by atoms with E-state index < -0.39 is 6.10 Å². The fourth-order valence-corrected chi connectivity index (χ4v) is 3.79. The van der Waals surface area contributed by atoms with Crippen LogP contribution in [0.25, 0.3) is 0 Å². The summed E-state index contributed by atoms with van der Waals surface area (Å²) in [5.74, 6) is 1.20. The molecule has 0 aliphatic carbocycles. The molecule has 2 atom stereocenters. The van der Waals surface area contributed by atoms with Gasteiger partial charge in [-0.1, -0.05) is 29.8 Å². The van der Waals surface area contributed by atoms with Crippen LogP contribution in [0.4, 0.5) is 5.69 Å². The Balaban J connectivity index is 1.28. The van der Waals surface area contributed by atoms with Crippen LogP contribution in [0.15, 0.2) is 48.5 Å². The molecule has 2 aliphatic rings. The predicted molar refractivity (Wildman–Crippen MR) is 99.3 cm³/mol. The van der Waals surface area contributed by atoms with E-state index in [9.17, 15) is 4.79 Å². The minimum absolute atomic E-state index is 0.0366. The monoisotopic (exact) mass is 356 g/mol. The first-order valence-corrected chi connectivity index (χ1v) is 9.09. The number of amides is 1. The molecule has 2 aromatic carbocycles. The van der Waals surface area contributed by atoms with Crippen LogP contribution >= 0.6 is 11.6 Å². The van der Waals surface area contributed by atoms with Gasteiger partial charge in [-0.2, -0.15) is 0 Å². The van der Waals surface area contributed by atoms with Crippen molar-refractivity contribution >= 4 is 23.2 Å². The first-order valence-electron chi connectivity index (χ1n) is 8.72. The normalized spacial score (nSPS) is 21.7. The van der Waals surface area contributed by atoms with Gasteiger partial charge in [0, 0.05) is 36.8 Å². The van der Waals surface area contributed by atoms with Gasteiger partial charge < -0.3 is 15.0 Å². The van der Waals surface area contributed by atoms with Crippen molar-refractivity contribution in [2.45, 2.75) is 18.9 Å². The molecule has 0 spiro atoms. The molecule has 1 N–H and O–H groups in total. The number of anilines is 1. The Morgan fingerprint density at radius 1 is 1.24 bits per heavy atom. The number of benzene rings is 2. The van der Waals surface area contributed by atoms with Crippen molar-refractivity contribution < 1.29 is 9.53 Å². The first kappa shape index (κ1) is 16.3. The Hall–Kier alpha value is -2.20. The van der Waals surface area contributed by atoms with E-state index in [2.05, 4.69) is 34.5 Å². The summed E-state index contributed by atoms with van der Waals surface area (Å²) in [5, 5.41) is 3.74. The number of para-hydroxylation sites is 1. The highest BCUT2D eigenvalue weighted by atomic mass is 35.5. The van der Waals surface area contributed by atoms with Crippen LogP contribution in [0, 0.1) is 5.92 Å². The van der Waals surface area contributed by atoms with Crippen LogP contribution in [-0.2, 0) is 11.2 Å². The van der Waals surface area contributed by atoms with Crippen molar-refractivity contribution in [1.29, 1.82) is 0 Å². The van der Waals surface area contributed by atoms with E-state index >= 15 is 0 Å². The highest BCUT2D eigenvalue weighted by Gasteiger charge is 2.30. The zero-order valence-electron chi connectivity index (χ0n) is 14.0. The Labute approximate surface area is 152 Å². The van der Waals surface area contributed by atoms with Crippen molar-refractivity contribution in [2.24, 2.45) is 5.92 Å². The molecular formula is C20H21ClN2O2. The largest absolute Gasteiger partial charge is 0.480 e. The van der Waals surface area contributed by atoms with Gasteiger partial charge >= 0.3 is 0 Å². The molecule has 25 heavy (non-hydrogen) atoms. The van der Waals surface area contributed by atoms with Gasteiger partial charge in [0.05, 0.1) is 0 Å². The fraction of sp³-hybridized carbons (Fsp3) is 0.350. The standard InChI is InChI=1S/C20H21ClN2O2/c21-16-6-7-18-15(10-16)11-19(25-18)20(24)22-12-14-8-9-23(13-14)17-4-2-1-3-5-17/h1-7,10,14,19H,8-9,11-13H2,(H,22,24). The molecule has 1 amide bonds. The Kier molecular flexibility index (Phi) is 4.53. The molecule has 130 valence electrons. The van der Waals surface area contributed by atoms with Gasteiger partial charge in [0.2, 0.25) is 0 Å². The number of halogens is 1. The minimum atomic E-state index is -0.444. The summed E-state index contributed by atoms with van der Waals surface area (Å²) in [6, 6.07) is 15.9. The van der Waals surface area contributed by atoms with Crippen LogP contribution in [0.2, 0.25) is 5.02 Å². The van der Waals surface area contributed by atoms with E-state index in [4.69, 9.17) is 16.3 Å². The summed E-state index contributed by atoms with van der Waals surface area (Å²) in [5.41, 5.74) is 2.26. The zero-order chi connectivity index (χ0) is 17.2. The Morgan fingerprint density at radius 2 is 2.08 bits per heavy atom. The molecule has 1 fully saturated rings. The lowest BCUT2D eigenvalue weighted by Gasteiger charge is -2.19. The lowest BCUT2D eigenvalue weighted by Crippen LogP contribution is -2.40. The third-order valence-corrected chi connectivity index (χ3v) is 5.20. The highest BCUT2D eigenvalue weighted by Crippen LogP contribution is 2.31. The molecule has 1 saturated heterocycles. The molecule has 2 aromatic rings. The number of carbonyl (C=O) groups excluding carboxylic acids is 1. The van der Waals surface area contributed by atoms with Gasteiger partial charge in [-0.25, -0.2) is 0 Å². The average Bonchev–Trinajstić information content (AvgIpc) is 3.27. The lowest BCUT2D eigenvalue weighted by atomic mass is 10.1. The van der Waals surface area contributed by atoms with E-state index in [1.165, 1.54) is 5.69 Å². The highest BCUT2D eigenvalue weighted by molar-refractivity contribution is 6.30. The van der Waals surface area contributed by atoms with Crippen LogP contribution < -0.4 is 15.0 Å². The summed E-state index contributed by atoms with van der Waals surface area (Å²) in [7, 11) is 0. The molecule has 0 bridgehead atoms. The molecule has 0 aromatic heterocycles. The van der Waals surface area contributed by atoms with Crippen molar-refractivity contribution in [3.05, 3.63) is 59.1 Å². The van der Waals surface area contributed by atoms with Gasteiger partial charge in [-0.15, -0.1) is 0 Å². The smallest absolute Gasteiger partial charge is 0.261 e. The molecule has 2 aliphatic heterocycles. The van der Waals surface area contributed by atoms with Crippen LogP contribution in [-0.4, -0.2) is 31.6 Å². The molecular weight excluding hydrogens is 336 g/mol. The molecule has 5 heteroatoms. The van der Waals surface area contributed by atoms with Crippen molar-refractivity contribution in [1.82, 2.24) is 5.32 Å². The molecule has 2 heterocycles. The van der Waals surface area contributed by atoms with Crippen LogP contribution in [0.1, 0.15) is 12.0 Å². The summed E-state index contributed by atoms with van der Waals surface area (Å²) >= 11 is 6.00. The maximum Gasteiger partial charge on any atom is 0.261 e. The SMILES string of the molecule is O=C(NCC1CCN(c2ccccc2)C1)C1Cc2cc(Cl)ccc2O1. The number of rotatable bonds is 4. The van der Waals surface area contributed by atoms with E-state index in [0.29, 0.717) is 23.9 Å². The van der Waals surface area contributed by atoms with Crippen LogP contribution in [0.5, 0.6) is 5.75 Å². The van der Waals surface area contributed by atoms with Crippen molar-refractivity contribution in [3.8, 4) is 5.75 Å². The quantitative estimate of drug-likeness (QED) is 0.914. The second-order valence-corrected chi connectivity index (χ2v) is 7.18. The number of fused-ring (bicyclic) bond motifs is 1. The van der Waals surface area contributed by atoms with E-state index in [1.807, 2.05) is 18.2 Å². The topological polar surface area (TPSA) is 41.6 Å².